The molecule has 1 aliphatic heterocycles. The Labute approximate surface area is 239 Å². The van der Waals surface area contributed by atoms with E-state index in [1.807, 2.05) is 6.92 Å². The molecule has 6 atom stereocenters. The molecular formula is C30H42O11. The summed E-state index contributed by atoms with van der Waals surface area (Å²) in [5.74, 6) is -3.14. The zero-order valence-electron chi connectivity index (χ0n) is 24.0. The van der Waals surface area contributed by atoms with E-state index in [1.54, 1.807) is 0 Å². The molecule has 0 aliphatic carbocycles. The first-order chi connectivity index (χ1) is 19.3. The number of phenolic OH excluding ortho intramolecular Hbond substituents is 2. The van der Waals surface area contributed by atoms with Gasteiger partial charge in [0.25, 0.3) is 0 Å². The molecular weight excluding hydrogens is 536 g/mol. The van der Waals surface area contributed by atoms with Crippen LogP contribution in [0.2, 0.25) is 0 Å². The van der Waals surface area contributed by atoms with E-state index < -0.39 is 60.1 Å². The number of carbonyl (C=O) groups is 2. The highest BCUT2D eigenvalue weighted by Crippen LogP contribution is 2.46. The van der Waals surface area contributed by atoms with Gasteiger partial charge in [-0.05, 0) is 44.7 Å². The van der Waals surface area contributed by atoms with Crippen molar-refractivity contribution in [2.45, 2.75) is 103 Å². The van der Waals surface area contributed by atoms with E-state index in [0.29, 0.717) is 6.42 Å². The van der Waals surface area contributed by atoms with Crippen LogP contribution < -0.4 is 4.74 Å². The lowest BCUT2D eigenvalue weighted by atomic mass is 9.78. The molecule has 0 bridgehead atoms. The first-order valence-electron chi connectivity index (χ1n) is 14.1. The van der Waals surface area contributed by atoms with Crippen LogP contribution in [0.25, 0.3) is 10.8 Å². The second-order valence-electron chi connectivity index (χ2n) is 11.2. The minimum absolute atomic E-state index is 0.0327. The molecule has 1 aliphatic rings. The van der Waals surface area contributed by atoms with Gasteiger partial charge >= 0.3 is 5.97 Å². The van der Waals surface area contributed by atoms with Crippen molar-refractivity contribution < 1.29 is 54.8 Å². The fourth-order valence-corrected chi connectivity index (χ4v) is 5.59. The Morgan fingerprint density at radius 2 is 1.78 bits per heavy atom. The number of unbranched alkanes of at least 4 members (excludes halogenated alkanes) is 3. The van der Waals surface area contributed by atoms with Gasteiger partial charge in [0.2, 0.25) is 6.29 Å². The molecule has 0 aromatic heterocycles. The predicted octanol–water partition coefficient (Wildman–Crippen LogP) is 3.40. The molecule has 0 radical (unpaired) electrons. The SMILES string of the molecule is CCCCCC[C@H](C)CC[C@]1(O)[C@H](O)[C@@H](O)[C@H](Oc2cc(C(=O)O)cc3c(O)c(C)c(C(C)=O)c(O)c23)O[C@@H]1CO. The molecule has 11 heteroatoms. The van der Waals surface area contributed by atoms with Crippen LogP contribution in [0.4, 0.5) is 0 Å². The van der Waals surface area contributed by atoms with Gasteiger partial charge in [0, 0.05) is 10.9 Å². The highest BCUT2D eigenvalue weighted by Gasteiger charge is 2.55. The zero-order valence-corrected chi connectivity index (χ0v) is 24.0. The van der Waals surface area contributed by atoms with Crippen LogP contribution in [0.15, 0.2) is 12.1 Å². The Morgan fingerprint density at radius 1 is 1.10 bits per heavy atom. The van der Waals surface area contributed by atoms with Crippen LogP contribution in [0.5, 0.6) is 17.2 Å². The Balaban J connectivity index is 1.95. The molecule has 228 valence electrons. The van der Waals surface area contributed by atoms with Gasteiger partial charge in [0.05, 0.1) is 23.1 Å². The van der Waals surface area contributed by atoms with Gasteiger partial charge in [-0.1, -0.05) is 46.0 Å². The van der Waals surface area contributed by atoms with E-state index in [1.165, 1.54) is 13.8 Å². The summed E-state index contributed by atoms with van der Waals surface area (Å²) in [5.41, 5.74) is -2.52. The smallest absolute Gasteiger partial charge is 0.335 e. The highest BCUT2D eigenvalue weighted by molar-refractivity contribution is 6.11. The van der Waals surface area contributed by atoms with Crippen molar-refractivity contribution in [1.82, 2.24) is 0 Å². The maximum atomic E-state index is 12.2. The number of benzene rings is 2. The number of aromatic carboxylic acids is 1. The molecule has 0 saturated carbocycles. The van der Waals surface area contributed by atoms with Gasteiger partial charge in [-0.15, -0.1) is 0 Å². The summed E-state index contributed by atoms with van der Waals surface area (Å²) in [6, 6.07) is 2.11. The van der Waals surface area contributed by atoms with Crippen molar-refractivity contribution in [2.24, 2.45) is 5.92 Å². The Kier molecular flexibility index (Phi) is 10.6. The lowest BCUT2D eigenvalue weighted by Gasteiger charge is -2.48. The van der Waals surface area contributed by atoms with Crippen molar-refractivity contribution in [1.29, 1.82) is 0 Å². The molecule has 3 rings (SSSR count). The third-order valence-electron chi connectivity index (χ3n) is 8.13. The van der Waals surface area contributed by atoms with Crippen molar-refractivity contribution in [3.8, 4) is 17.2 Å². The summed E-state index contributed by atoms with van der Waals surface area (Å²) in [5, 5.41) is 74.4. The summed E-state index contributed by atoms with van der Waals surface area (Å²) in [6.45, 7) is 6.01. The lowest BCUT2D eigenvalue weighted by molar-refractivity contribution is -0.315. The van der Waals surface area contributed by atoms with E-state index in [9.17, 15) is 45.3 Å². The molecule has 11 nitrogen and oxygen atoms in total. The van der Waals surface area contributed by atoms with Gasteiger partial charge in [-0.2, -0.15) is 0 Å². The summed E-state index contributed by atoms with van der Waals surface area (Å²) >= 11 is 0. The van der Waals surface area contributed by atoms with Gasteiger partial charge in [0.1, 0.15) is 41.2 Å². The van der Waals surface area contributed by atoms with E-state index in [-0.39, 0.29) is 45.6 Å². The van der Waals surface area contributed by atoms with Gasteiger partial charge < -0.3 is 45.2 Å². The molecule has 0 spiro atoms. The van der Waals surface area contributed by atoms with Crippen LogP contribution in [-0.4, -0.2) is 84.3 Å². The van der Waals surface area contributed by atoms with Crippen molar-refractivity contribution in [2.75, 3.05) is 6.61 Å². The lowest BCUT2D eigenvalue weighted by Crippen LogP contribution is -2.67. The van der Waals surface area contributed by atoms with Gasteiger partial charge in [-0.3, -0.25) is 4.79 Å². The average Bonchev–Trinajstić information content (AvgIpc) is 2.92. The number of carboxylic acids is 1. The fourth-order valence-electron chi connectivity index (χ4n) is 5.59. The topological polar surface area (TPSA) is 194 Å². The van der Waals surface area contributed by atoms with E-state index >= 15 is 0 Å². The summed E-state index contributed by atoms with van der Waals surface area (Å²) < 4.78 is 11.5. The summed E-state index contributed by atoms with van der Waals surface area (Å²) in [4.78, 5) is 24.1. The zero-order chi connectivity index (χ0) is 30.6. The average molecular weight is 579 g/mol. The molecule has 1 saturated heterocycles. The summed E-state index contributed by atoms with van der Waals surface area (Å²) in [7, 11) is 0. The van der Waals surface area contributed by atoms with Crippen LogP contribution in [0.3, 0.4) is 0 Å². The number of ether oxygens (including phenoxy) is 2. The molecule has 1 heterocycles. The van der Waals surface area contributed by atoms with Gasteiger partial charge in [-0.25, -0.2) is 4.79 Å². The predicted molar refractivity (Wildman–Crippen MR) is 149 cm³/mol. The minimum Gasteiger partial charge on any atom is -0.507 e. The van der Waals surface area contributed by atoms with Crippen molar-refractivity contribution in [3.05, 3.63) is 28.8 Å². The number of ketones is 1. The fraction of sp³-hybridized carbons (Fsp3) is 0.600. The maximum Gasteiger partial charge on any atom is 0.335 e. The van der Waals surface area contributed by atoms with Gasteiger partial charge in [0.15, 0.2) is 5.78 Å². The number of phenols is 2. The van der Waals surface area contributed by atoms with Crippen LogP contribution >= 0.6 is 0 Å². The number of aliphatic hydroxyl groups is 4. The number of carboxylic acid groups (broad SMARTS) is 1. The highest BCUT2D eigenvalue weighted by atomic mass is 16.7. The first-order valence-corrected chi connectivity index (χ1v) is 14.1. The summed E-state index contributed by atoms with van der Waals surface area (Å²) in [6.07, 6.45) is -0.889. The second-order valence-corrected chi connectivity index (χ2v) is 11.2. The molecule has 7 N–H and O–H groups in total. The van der Waals surface area contributed by atoms with Crippen LogP contribution in [0, 0.1) is 12.8 Å². The molecule has 2 aromatic carbocycles. The molecule has 41 heavy (non-hydrogen) atoms. The second kappa shape index (κ2) is 13.3. The number of carbonyl (C=O) groups excluding carboxylic acids is 1. The number of hydrogen-bond acceptors (Lipinski definition) is 10. The quantitative estimate of drug-likeness (QED) is 0.105. The minimum atomic E-state index is -2.00. The molecule has 0 unspecified atom stereocenters. The molecule has 2 aromatic rings. The number of rotatable bonds is 13. The molecule has 1 fully saturated rings. The Morgan fingerprint density at radius 3 is 2.37 bits per heavy atom. The molecule has 0 amide bonds. The van der Waals surface area contributed by atoms with Crippen molar-refractivity contribution in [3.63, 3.8) is 0 Å². The Bertz CT molecular complexity index is 1260. The number of fused-ring (bicyclic) bond motifs is 1. The van der Waals surface area contributed by atoms with E-state index in [4.69, 9.17) is 9.47 Å². The number of hydrogen-bond donors (Lipinski definition) is 7. The van der Waals surface area contributed by atoms with Crippen LogP contribution in [0.1, 0.15) is 92.0 Å². The monoisotopic (exact) mass is 578 g/mol. The Hall–Kier alpha value is -2.96. The largest absolute Gasteiger partial charge is 0.507 e. The van der Waals surface area contributed by atoms with Crippen molar-refractivity contribution >= 4 is 22.5 Å². The van der Waals surface area contributed by atoms with Crippen LogP contribution in [-0.2, 0) is 4.74 Å². The third kappa shape index (κ3) is 6.60. The van der Waals surface area contributed by atoms with E-state index in [0.717, 1.165) is 44.2 Å². The maximum absolute atomic E-state index is 12.2. The number of aromatic hydroxyl groups is 2. The first kappa shape index (κ1) is 32.6. The van der Waals surface area contributed by atoms with E-state index in [2.05, 4.69) is 6.92 Å². The number of aliphatic hydroxyl groups excluding tert-OH is 3. The number of Topliss-reactive ketones (excluding diaryl/α,β-unsaturated/α-hetero) is 1. The normalized spacial score (nSPS) is 25.3. The standard InChI is InChI=1S/C30H42O11/c1-5-6-7-8-9-15(2)10-11-30(39)21(14-31)41-29(26(35)27(30)36)40-20-13-18(28(37)38)12-19-23(20)25(34)22(17(4)32)16(3)24(19)33/h12-13,15,21,26-27,29,31,33-36,39H,5-11,14H2,1-4H3,(H,37,38)/t15-,21+,26+,27+,29+,30+/m0/s1. The third-order valence-corrected chi connectivity index (χ3v) is 8.13.